The van der Waals surface area contributed by atoms with E-state index in [0.29, 0.717) is 43.5 Å². The molecule has 196 valence electrons. The zero-order chi connectivity index (χ0) is 26.6. The van der Waals surface area contributed by atoms with Crippen molar-refractivity contribution in [3.05, 3.63) is 64.1 Å². The molecule has 3 aliphatic rings. The molecule has 2 amide bonds. The highest BCUT2D eigenvalue weighted by Gasteiger charge is 2.73. The minimum absolute atomic E-state index is 0.381. The number of benzene rings is 2. The molecule has 2 aliphatic heterocycles. The topological polar surface area (TPSA) is 85.4 Å². The Labute approximate surface area is 225 Å². The molecule has 3 atom stereocenters. The minimum atomic E-state index is -1.02. The highest BCUT2D eigenvalue weighted by Crippen LogP contribution is 2.65. The number of halogens is 1. The first-order valence-electron chi connectivity index (χ1n) is 12.5. The Morgan fingerprint density at radius 2 is 1.70 bits per heavy atom. The number of amides is 2. The largest absolute Gasteiger partial charge is 0.459 e. The van der Waals surface area contributed by atoms with Gasteiger partial charge in [-0.3, -0.25) is 9.80 Å². The first-order chi connectivity index (χ1) is 17.5. The van der Waals surface area contributed by atoms with Crippen LogP contribution < -0.4 is 4.90 Å². The number of ether oxygens (including phenoxy) is 3. The van der Waals surface area contributed by atoms with Crippen LogP contribution in [0.2, 0.25) is 0 Å². The fraction of sp³-hybridized carbons (Fsp3) is 0.464. The molecule has 0 N–H and O–H groups in total. The zero-order valence-corrected chi connectivity index (χ0v) is 23.0. The predicted octanol–water partition coefficient (Wildman–Crippen LogP) is 6.02. The number of rotatable bonds is 2. The van der Waals surface area contributed by atoms with Crippen LogP contribution >= 0.6 is 15.9 Å². The van der Waals surface area contributed by atoms with Crippen LogP contribution in [0.1, 0.15) is 62.4 Å². The van der Waals surface area contributed by atoms with Gasteiger partial charge in [-0.25, -0.2) is 14.4 Å². The molecule has 2 heterocycles. The monoisotopic (exact) mass is 570 g/mol. The molecule has 1 aliphatic carbocycles. The smallest absolute Gasteiger partial charge is 0.415 e. The van der Waals surface area contributed by atoms with Crippen molar-refractivity contribution in [2.75, 3.05) is 18.6 Å². The number of carbonyl (C=O) groups is 3. The lowest BCUT2D eigenvalue weighted by Crippen LogP contribution is -2.68. The maximum atomic E-state index is 13.6. The van der Waals surface area contributed by atoms with Gasteiger partial charge < -0.3 is 14.2 Å². The number of fused-ring (bicyclic) bond motifs is 1. The van der Waals surface area contributed by atoms with Gasteiger partial charge in [0, 0.05) is 16.4 Å². The van der Waals surface area contributed by atoms with E-state index in [1.165, 1.54) is 7.11 Å². The lowest BCUT2D eigenvalue weighted by molar-refractivity contribution is -0.0382. The zero-order valence-electron chi connectivity index (χ0n) is 21.5. The van der Waals surface area contributed by atoms with Crippen molar-refractivity contribution in [3.63, 3.8) is 0 Å². The van der Waals surface area contributed by atoms with Crippen molar-refractivity contribution >= 4 is 39.8 Å². The average Bonchev–Trinajstić information content (AvgIpc) is 3.31. The number of methoxy groups -OCH3 is 1. The highest BCUT2D eigenvalue weighted by molar-refractivity contribution is 9.10. The van der Waals surface area contributed by atoms with Crippen LogP contribution in [0.25, 0.3) is 0 Å². The Morgan fingerprint density at radius 3 is 2.38 bits per heavy atom. The van der Waals surface area contributed by atoms with Gasteiger partial charge >= 0.3 is 18.2 Å². The maximum Gasteiger partial charge on any atom is 0.415 e. The molecule has 5 rings (SSSR count). The molecule has 0 radical (unpaired) electrons. The quantitative estimate of drug-likeness (QED) is 0.324. The van der Waals surface area contributed by atoms with E-state index in [4.69, 9.17) is 14.2 Å². The highest BCUT2D eigenvalue weighted by atomic mass is 79.9. The summed E-state index contributed by atoms with van der Waals surface area (Å²) in [6.45, 7) is 5.88. The normalized spacial score (nSPS) is 26.1. The van der Waals surface area contributed by atoms with Gasteiger partial charge in [-0.1, -0.05) is 34.1 Å². The molecule has 0 bridgehead atoms. The summed E-state index contributed by atoms with van der Waals surface area (Å²) in [5, 5.41) is 0. The van der Waals surface area contributed by atoms with Crippen molar-refractivity contribution in [1.29, 1.82) is 0 Å². The van der Waals surface area contributed by atoms with Crippen LogP contribution in [-0.2, 0) is 19.6 Å². The van der Waals surface area contributed by atoms with Gasteiger partial charge in [0.15, 0.2) is 0 Å². The Kier molecular flexibility index (Phi) is 6.25. The molecule has 0 spiro atoms. The number of hydrogen-bond donors (Lipinski definition) is 0. The molecule has 37 heavy (non-hydrogen) atoms. The molecule has 2 aromatic carbocycles. The lowest BCUT2D eigenvalue weighted by Gasteiger charge is -2.52. The van der Waals surface area contributed by atoms with E-state index in [9.17, 15) is 14.4 Å². The molecule has 8 nitrogen and oxygen atoms in total. The van der Waals surface area contributed by atoms with Crippen molar-refractivity contribution in [3.8, 4) is 0 Å². The summed E-state index contributed by atoms with van der Waals surface area (Å²) in [4.78, 5) is 43.2. The molecule has 0 unspecified atom stereocenters. The van der Waals surface area contributed by atoms with Gasteiger partial charge in [-0.05, 0) is 82.3 Å². The second-order valence-corrected chi connectivity index (χ2v) is 11.8. The van der Waals surface area contributed by atoms with Gasteiger partial charge in [0.25, 0.3) is 0 Å². The summed E-state index contributed by atoms with van der Waals surface area (Å²) in [7, 11) is 1.35. The Balaban J connectivity index is 1.55. The second-order valence-electron chi connectivity index (χ2n) is 10.9. The molecular weight excluding hydrogens is 540 g/mol. The predicted molar refractivity (Wildman–Crippen MR) is 140 cm³/mol. The summed E-state index contributed by atoms with van der Waals surface area (Å²) in [5.41, 5.74) is -0.219. The Morgan fingerprint density at radius 1 is 1.00 bits per heavy atom. The lowest BCUT2D eigenvalue weighted by atomic mass is 9.63. The van der Waals surface area contributed by atoms with Gasteiger partial charge in [0.05, 0.1) is 18.4 Å². The molecule has 0 aromatic heterocycles. The van der Waals surface area contributed by atoms with Gasteiger partial charge in [-0.2, -0.15) is 0 Å². The average molecular weight is 571 g/mol. The van der Waals surface area contributed by atoms with Crippen molar-refractivity contribution in [1.82, 2.24) is 4.90 Å². The third kappa shape index (κ3) is 3.98. The van der Waals surface area contributed by atoms with Crippen LogP contribution in [0.4, 0.5) is 15.3 Å². The van der Waals surface area contributed by atoms with E-state index in [-0.39, 0.29) is 12.1 Å². The summed E-state index contributed by atoms with van der Waals surface area (Å²) >= 11 is 3.39. The summed E-state index contributed by atoms with van der Waals surface area (Å²) in [5.74, 6) is -0.389. The third-order valence-electron chi connectivity index (χ3n) is 7.72. The Bertz CT molecular complexity index is 1240. The third-order valence-corrected chi connectivity index (χ3v) is 8.25. The second kappa shape index (κ2) is 9.04. The molecule has 1 saturated heterocycles. The Hall–Kier alpha value is -3.07. The summed E-state index contributed by atoms with van der Waals surface area (Å²) in [6, 6.07) is 14.8. The first-order valence-corrected chi connectivity index (χ1v) is 13.3. The van der Waals surface area contributed by atoms with Crippen LogP contribution in [0.5, 0.6) is 0 Å². The van der Waals surface area contributed by atoms with Crippen molar-refractivity contribution in [2.24, 2.45) is 0 Å². The van der Waals surface area contributed by atoms with E-state index in [1.54, 1.807) is 34.1 Å². The molecule has 2 fully saturated rings. The number of likely N-dealkylation sites (tertiary alicyclic amines) is 1. The fourth-order valence-corrected chi connectivity index (χ4v) is 6.69. The van der Waals surface area contributed by atoms with Crippen LogP contribution in [0, 0.1) is 0 Å². The van der Waals surface area contributed by atoms with Gasteiger partial charge in [-0.15, -0.1) is 0 Å². The standard InChI is InChI=1S/C28H31BrN2O6/c1-26(2,3)37-24(33)30-16-15-27-17-20(36-23(32)18-9-11-19(29)12-10-18)13-14-28(27,30)31(25(34)35-4)22-8-6-5-7-21(22)27/h5-12,20H,13-17H2,1-4H3/t20-,27+,28+/m0/s1. The van der Waals surface area contributed by atoms with Crippen molar-refractivity contribution < 1.29 is 28.6 Å². The SMILES string of the molecule is COC(=O)N1c2ccccc2[C@]23CCN(C(=O)OC(C)(C)C)[C@]12CC[C@H](OC(=O)c1ccc(Br)cc1)C3. The van der Waals surface area contributed by atoms with E-state index in [2.05, 4.69) is 15.9 Å². The number of nitrogens with zero attached hydrogens (tertiary/aromatic N) is 2. The van der Waals surface area contributed by atoms with Crippen LogP contribution in [0.15, 0.2) is 53.0 Å². The molecule has 9 heteroatoms. The number of para-hydroxylation sites is 1. The summed E-state index contributed by atoms with van der Waals surface area (Å²) in [6.07, 6.45) is 0.575. The van der Waals surface area contributed by atoms with E-state index in [1.807, 2.05) is 45.0 Å². The van der Waals surface area contributed by atoms with Crippen LogP contribution in [-0.4, -0.2) is 54.1 Å². The van der Waals surface area contributed by atoms with E-state index in [0.717, 1.165) is 10.0 Å². The van der Waals surface area contributed by atoms with Crippen molar-refractivity contribution in [2.45, 2.75) is 69.2 Å². The fourth-order valence-electron chi connectivity index (χ4n) is 6.42. The number of carbonyl (C=O) groups excluding carboxylic acids is 3. The van der Waals surface area contributed by atoms with Crippen LogP contribution in [0.3, 0.4) is 0 Å². The first kappa shape index (κ1) is 25.6. The maximum absolute atomic E-state index is 13.6. The minimum Gasteiger partial charge on any atom is -0.459 e. The van der Waals surface area contributed by atoms with Gasteiger partial charge in [0.1, 0.15) is 17.4 Å². The molecule has 1 saturated carbocycles. The summed E-state index contributed by atoms with van der Waals surface area (Å²) < 4.78 is 17.9. The van der Waals surface area contributed by atoms with E-state index < -0.39 is 28.9 Å². The molecular formula is C28H31BrN2O6. The molecule has 2 aromatic rings. The number of hydrogen-bond acceptors (Lipinski definition) is 6. The van der Waals surface area contributed by atoms with Gasteiger partial charge in [0.2, 0.25) is 0 Å². The van der Waals surface area contributed by atoms with E-state index >= 15 is 0 Å². The number of anilines is 1. The number of esters is 1.